The zero-order valence-electron chi connectivity index (χ0n) is 17.4. The normalized spacial score (nSPS) is 10.9. The van der Waals surface area contributed by atoms with Crippen LogP contribution in [0.25, 0.3) is 22.4 Å². The highest BCUT2D eigenvalue weighted by Gasteiger charge is 2.17. The molecule has 158 valence electrons. The van der Waals surface area contributed by atoms with Crippen LogP contribution in [0.2, 0.25) is 0 Å². The van der Waals surface area contributed by atoms with Crippen molar-refractivity contribution in [3.63, 3.8) is 0 Å². The van der Waals surface area contributed by atoms with Gasteiger partial charge in [0.2, 0.25) is 5.88 Å². The van der Waals surface area contributed by atoms with Crippen LogP contribution in [0.3, 0.4) is 0 Å². The summed E-state index contributed by atoms with van der Waals surface area (Å²) in [5.74, 6) is -0.202. The Labute approximate surface area is 181 Å². The zero-order valence-corrected chi connectivity index (χ0v) is 18.2. The molecule has 1 aromatic heterocycles. The molecule has 0 N–H and O–H groups in total. The first-order chi connectivity index (χ1) is 14.7. The Morgan fingerprint density at radius 3 is 2.26 bits per heavy atom. The first-order valence-corrected chi connectivity index (χ1v) is 11.4. The maximum atomic E-state index is 13.5. The van der Waals surface area contributed by atoms with E-state index in [2.05, 4.69) is 11.1 Å². The molecule has 2 aromatic carbocycles. The molecular weight excluding hydrogens is 415 g/mol. The Balaban J connectivity index is 2.17. The van der Waals surface area contributed by atoms with Gasteiger partial charge in [-0.2, -0.15) is 5.26 Å². The van der Waals surface area contributed by atoms with Crippen molar-refractivity contribution in [2.75, 3.05) is 12.9 Å². The molecule has 0 saturated carbocycles. The lowest BCUT2D eigenvalue weighted by Crippen LogP contribution is -2.02. The smallest absolute Gasteiger partial charge is 0.232 e. The van der Waals surface area contributed by atoms with Crippen molar-refractivity contribution in [2.45, 2.75) is 18.7 Å². The second-order valence-corrected chi connectivity index (χ2v) is 9.26. The van der Waals surface area contributed by atoms with Gasteiger partial charge in [-0.05, 0) is 68.0 Å². The molecule has 3 rings (SSSR count). The fraction of sp³-hybridized carbons (Fsp3) is 0.167. The number of rotatable bonds is 6. The predicted octanol–water partition coefficient (Wildman–Crippen LogP) is 5.17. The van der Waals surface area contributed by atoms with Crippen LogP contribution in [0.4, 0.5) is 4.39 Å². The molecule has 0 saturated heterocycles. The lowest BCUT2D eigenvalue weighted by atomic mass is 9.98. The number of halogens is 1. The summed E-state index contributed by atoms with van der Waals surface area (Å²) >= 11 is 0. The van der Waals surface area contributed by atoms with E-state index in [1.54, 1.807) is 30.3 Å². The number of ether oxygens (including phenoxy) is 1. The summed E-state index contributed by atoms with van der Waals surface area (Å²) in [5, 5.41) is 9.63. The number of hydrogen-bond acceptors (Lipinski definition) is 5. The average molecular weight is 437 g/mol. The van der Waals surface area contributed by atoms with Crippen LogP contribution in [0.15, 0.2) is 71.1 Å². The molecule has 7 heteroatoms. The van der Waals surface area contributed by atoms with Crippen molar-refractivity contribution in [2.24, 2.45) is 0 Å². The first-order valence-electron chi connectivity index (χ1n) is 9.47. The number of nitriles is 1. The van der Waals surface area contributed by atoms with Gasteiger partial charge in [-0.1, -0.05) is 17.7 Å². The third kappa shape index (κ3) is 5.36. The van der Waals surface area contributed by atoms with Gasteiger partial charge in [0, 0.05) is 17.4 Å². The van der Waals surface area contributed by atoms with Crippen LogP contribution in [-0.4, -0.2) is 26.3 Å². The number of pyridine rings is 1. The molecule has 1 heterocycles. The van der Waals surface area contributed by atoms with Gasteiger partial charge in [-0.15, -0.1) is 0 Å². The van der Waals surface area contributed by atoms with E-state index in [-0.39, 0.29) is 28.8 Å². The monoisotopic (exact) mass is 436 g/mol. The minimum Gasteiger partial charge on any atom is -0.472 e. The molecular formula is C24H21FN2O3S. The van der Waals surface area contributed by atoms with Crippen molar-refractivity contribution in [3.05, 3.63) is 77.6 Å². The maximum absolute atomic E-state index is 13.5. The highest BCUT2D eigenvalue weighted by molar-refractivity contribution is 7.90. The van der Waals surface area contributed by atoms with Crippen LogP contribution in [0.5, 0.6) is 5.88 Å². The molecule has 0 spiro atoms. The summed E-state index contributed by atoms with van der Waals surface area (Å²) < 4.78 is 42.8. The summed E-state index contributed by atoms with van der Waals surface area (Å²) in [4.78, 5) is 4.76. The Morgan fingerprint density at radius 1 is 1.10 bits per heavy atom. The molecule has 0 aliphatic heterocycles. The van der Waals surface area contributed by atoms with Crippen LogP contribution in [0.1, 0.15) is 19.4 Å². The molecule has 3 aromatic rings. The quantitative estimate of drug-likeness (QED) is 0.498. The van der Waals surface area contributed by atoms with E-state index in [0.29, 0.717) is 22.4 Å². The molecule has 0 atom stereocenters. The molecule has 0 radical (unpaired) electrons. The SMILES string of the molecule is CC(C)=CCOc1nc(-c2ccc(F)cc2)c(-c2ccc(S(C)(=O)=O)cc2)cc1C#N. The number of nitrogens with zero attached hydrogens (tertiary/aromatic N) is 2. The van der Waals surface area contributed by atoms with Crippen molar-refractivity contribution in [1.82, 2.24) is 4.98 Å². The fourth-order valence-corrected chi connectivity index (χ4v) is 3.53. The maximum Gasteiger partial charge on any atom is 0.232 e. The van der Waals surface area contributed by atoms with Crippen LogP contribution in [-0.2, 0) is 9.84 Å². The first kappa shape index (κ1) is 22.2. The summed E-state index contributed by atoms with van der Waals surface area (Å²) in [7, 11) is -3.34. The van der Waals surface area contributed by atoms with Crippen molar-refractivity contribution >= 4 is 9.84 Å². The van der Waals surface area contributed by atoms with Gasteiger partial charge in [0.1, 0.15) is 24.1 Å². The number of benzene rings is 2. The van der Waals surface area contributed by atoms with E-state index in [9.17, 15) is 18.1 Å². The molecule has 0 unspecified atom stereocenters. The van der Waals surface area contributed by atoms with Crippen molar-refractivity contribution in [1.29, 1.82) is 5.26 Å². The van der Waals surface area contributed by atoms with Gasteiger partial charge in [0.25, 0.3) is 0 Å². The molecule has 0 aliphatic rings. The molecule has 31 heavy (non-hydrogen) atoms. The van der Waals surface area contributed by atoms with E-state index in [4.69, 9.17) is 4.74 Å². The summed E-state index contributed by atoms with van der Waals surface area (Å²) in [5.41, 5.74) is 3.73. The van der Waals surface area contributed by atoms with Gasteiger partial charge in [0.15, 0.2) is 9.84 Å². The lowest BCUT2D eigenvalue weighted by Gasteiger charge is -2.14. The Hall–Kier alpha value is -3.50. The van der Waals surface area contributed by atoms with E-state index in [1.807, 2.05) is 19.9 Å². The van der Waals surface area contributed by atoms with E-state index in [1.165, 1.54) is 24.3 Å². The topological polar surface area (TPSA) is 80.0 Å². The Bertz CT molecular complexity index is 1270. The number of aromatic nitrogens is 1. The molecule has 0 fully saturated rings. The second-order valence-electron chi connectivity index (χ2n) is 7.24. The lowest BCUT2D eigenvalue weighted by molar-refractivity contribution is 0.347. The van der Waals surface area contributed by atoms with E-state index in [0.717, 1.165) is 11.8 Å². The van der Waals surface area contributed by atoms with Gasteiger partial charge >= 0.3 is 0 Å². The van der Waals surface area contributed by atoms with E-state index < -0.39 is 9.84 Å². The highest BCUT2D eigenvalue weighted by Crippen LogP contribution is 2.35. The predicted molar refractivity (Wildman–Crippen MR) is 118 cm³/mol. The number of hydrogen-bond donors (Lipinski definition) is 0. The van der Waals surface area contributed by atoms with Crippen LogP contribution >= 0.6 is 0 Å². The minimum atomic E-state index is -3.34. The largest absolute Gasteiger partial charge is 0.472 e. The third-order valence-corrected chi connectivity index (χ3v) is 5.66. The van der Waals surface area contributed by atoms with Crippen molar-refractivity contribution < 1.29 is 17.5 Å². The number of sulfone groups is 1. The van der Waals surface area contributed by atoms with Gasteiger partial charge < -0.3 is 4.74 Å². The molecule has 0 amide bonds. The Kier molecular flexibility index (Phi) is 6.52. The average Bonchev–Trinajstić information content (AvgIpc) is 2.73. The second kappa shape index (κ2) is 9.11. The summed E-state index contributed by atoms with van der Waals surface area (Å²) in [6.45, 7) is 4.14. The van der Waals surface area contributed by atoms with Crippen LogP contribution in [0, 0.1) is 17.1 Å². The number of allylic oxidation sites excluding steroid dienone is 1. The summed E-state index contributed by atoms with van der Waals surface area (Å²) in [6, 6.07) is 15.9. The van der Waals surface area contributed by atoms with Gasteiger partial charge in [0.05, 0.1) is 10.6 Å². The molecule has 0 aliphatic carbocycles. The third-order valence-electron chi connectivity index (χ3n) is 4.53. The fourth-order valence-electron chi connectivity index (χ4n) is 2.90. The van der Waals surface area contributed by atoms with Gasteiger partial charge in [-0.3, -0.25) is 0 Å². The molecule has 5 nitrogen and oxygen atoms in total. The van der Waals surface area contributed by atoms with E-state index >= 15 is 0 Å². The van der Waals surface area contributed by atoms with Gasteiger partial charge in [-0.25, -0.2) is 17.8 Å². The zero-order chi connectivity index (χ0) is 22.6. The van der Waals surface area contributed by atoms with Crippen molar-refractivity contribution in [3.8, 4) is 34.3 Å². The minimum absolute atomic E-state index is 0.177. The highest BCUT2D eigenvalue weighted by atomic mass is 32.2. The Morgan fingerprint density at radius 2 is 1.71 bits per heavy atom. The standard InChI is InChI=1S/C24H21FN2O3S/c1-16(2)12-13-30-24-19(15-26)14-22(17-6-10-21(11-7-17)31(3,28)29)23(27-24)18-4-8-20(25)9-5-18/h4-12,14H,13H2,1-3H3. The summed E-state index contributed by atoms with van der Waals surface area (Å²) in [6.07, 6.45) is 3.01. The molecule has 0 bridgehead atoms. The van der Waals surface area contributed by atoms with Crippen LogP contribution < -0.4 is 4.74 Å².